The topological polar surface area (TPSA) is 12.0 Å². The second kappa shape index (κ2) is 4.86. The van der Waals surface area contributed by atoms with Gasteiger partial charge in [0.15, 0.2) is 0 Å². The number of benzene rings is 2. The Balaban J connectivity index is 1.90. The third-order valence-electron chi connectivity index (χ3n) is 3.64. The van der Waals surface area contributed by atoms with Crippen LogP contribution in [0.25, 0.3) is 0 Å². The fourth-order valence-corrected chi connectivity index (χ4v) is 2.84. The van der Waals surface area contributed by atoms with Gasteiger partial charge in [-0.05, 0) is 49.1 Å². The number of rotatable bonds is 2. The van der Waals surface area contributed by atoms with Crippen LogP contribution in [0.15, 0.2) is 36.4 Å². The van der Waals surface area contributed by atoms with Crippen molar-refractivity contribution in [3.05, 3.63) is 63.9 Å². The average molecular weight is 276 g/mol. The summed E-state index contributed by atoms with van der Waals surface area (Å²) in [4.78, 5) is 0. The van der Waals surface area contributed by atoms with Crippen molar-refractivity contribution in [1.82, 2.24) is 0 Å². The van der Waals surface area contributed by atoms with Gasteiger partial charge in [-0.25, -0.2) is 4.39 Å². The molecule has 0 spiro atoms. The molecule has 0 aromatic heterocycles. The summed E-state index contributed by atoms with van der Waals surface area (Å²) in [6.45, 7) is 2.08. The molecule has 19 heavy (non-hydrogen) atoms. The predicted octanol–water partition coefficient (Wildman–Crippen LogP) is 4.89. The Morgan fingerprint density at radius 3 is 2.89 bits per heavy atom. The fourth-order valence-electron chi connectivity index (χ4n) is 2.67. The Bertz CT molecular complexity index is 624. The average Bonchev–Trinajstić information content (AvgIpc) is 2.77. The van der Waals surface area contributed by atoms with Crippen molar-refractivity contribution < 1.29 is 4.39 Å². The molecular weight excluding hydrogens is 261 g/mol. The smallest absolute Gasteiger partial charge is 0.146 e. The number of nitrogens with one attached hydrogen (secondary N) is 1. The molecular formula is C16H15ClFN. The van der Waals surface area contributed by atoms with Crippen molar-refractivity contribution in [3.8, 4) is 0 Å². The number of aryl methyl sites for hydroxylation is 2. The van der Waals surface area contributed by atoms with Crippen molar-refractivity contribution in [2.75, 3.05) is 5.32 Å². The van der Waals surface area contributed by atoms with E-state index in [-0.39, 0.29) is 11.9 Å². The van der Waals surface area contributed by atoms with Gasteiger partial charge in [-0.1, -0.05) is 35.4 Å². The van der Waals surface area contributed by atoms with E-state index in [9.17, 15) is 4.39 Å². The van der Waals surface area contributed by atoms with Gasteiger partial charge in [-0.2, -0.15) is 0 Å². The zero-order valence-corrected chi connectivity index (χ0v) is 11.5. The largest absolute Gasteiger partial charge is 0.376 e. The van der Waals surface area contributed by atoms with E-state index < -0.39 is 0 Å². The Labute approximate surface area is 117 Å². The summed E-state index contributed by atoms with van der Waals surface area (Å²) in [5, 5.41) is 3.82. The summed E-state index contributed by atoms with van der Waals surface area (Å²) in [5.41, 5.74) is 4.34. The molecule has 3 rings (SSSR count). The Kier molecular flexibility index (Phi) is 3.19. The maximum Gasteiger partial charge on any atom is 0.146 e. The van der Waals surface area contributed by atoms with Crippen LogP contribution in [0.1, 0.15) is 29.2 Å². The first-order valence-corrected chi connectivity index (χ1v) is 6.82. The highest BCUT2D eigenvalue weighted by atomic mass is 35.5. The van der Waals surface area contributed by atoms with Crippen molar-refractivity contribution in [2.24, 2.45) is 0 Å². The van der Waals surface area contributed by atoms with Crippen LogP contribution in [0.3, 0.4) is 0 Å². The molecule has 1 aliphatic rings. The summed E-state index contributed by atoms with van der Waals surface area (Å²) in [5.74, 6) is -0.259. The van der Waals surface area contributed by atoms with Crippen LogP contribution in [-0.4, -0.2) is 0 Å². The number of fused-ring (bicyclic) bond motifs is 1. The van der Waals surface area contributed by atoms with E-state index >= 15 is 0 Å². The van der Waals surface area contributed by atoms with Crippen LogP contribution in [-0.2, 0) is 6.42 Å². The highest BCUT2D eigenvalue weighted by Gasteiger charge is 2.23. The van der Waals surface area contributed by atoms with Crippen LogP contribution in [0.2, 0.25) is 5.02 Å². The molecule has 0 saturated carbocycles. The first kappa shape index (κ1) is 12.5. The van der Waals surface area contributed by atoms with E-state index in [2.05, 4.69) is 30.4 Å². The number of hydrogen-bond acceptors (Lipinski definition) is 1. The van der Waals surface area contributed by atoms with Crippen molar-refractivity contribution in [1.29, 1.82) is 0 Å². The number of anilines is 1. The molecule has 0 amide bonds. The molecule has 0 heterocycles. The zero-order valence-electron chi connectivity index (χ0n) is 10.7. The molecule has 1 N–H and O–H groups in total. The van der Waals surface area contributed by atoms with Gasteiger partial charge < -0.3 is 5.32 Å². The van der Waals surface area contributed by atoms with Crippen LogP contribution in [0.5, 0.6) is 0 Å². The van der Waals surface area contributed by atoms with Gasteiger partial charge in [0.1, 0.15) is 5.82 Å². The van der Waals surface area contributed by atoms with Gasteiger partial charge in [0.2, 0.25) is 0 Å². The van der Waals surface area contributed by atoms with Gasteiger partial charge in [0, 0.05) is 5.02 Å². The molecule has 1 atom stereocenters. The van der Waals surface area contributed by atoms with E-state index in [1.807, 2.05) is 0 Å². The molecule has 0 radical (unpaired) electrons. The second-order valence-corrected chi connectivity index (χ2v) is 5.50. The molecule has 0 saturated heterocycles. The normalized spacial score (nSPS) is 17.3. The molecule has 0 bridgehead atoms. The van der Waals surface area contributed by atoms with Crippen LogP contribution in [0.4, 0.5) is 10.1 Å². The van der Waals surface area contributed by atoms with E-state index in [4.69, 9.17) is 11.6 Å². The first-order chi connectivity index (χ1) is 9.13. The van der Waals surface area contributed by atoms with E-state index in [1.165, 1.54) is 22.8 Å². The summed E-state index contributed by atoms with van der Waals surface area (Å²) in [7, 11) is 0. The van der Waals surface area contributed by atoms with Crippen LogP contribution < -0.4 is 5.32 Å². The predicted molar refractivity (Wildman–Crippen MR) is 77.3 cm³/mol. The molecule has 1 nitrogen and oxygen atoms in total. The minimum atomic E-state index is -0.259. The van der Waals surface area contributed by atoms with Gasteiger partial charge in [-0.15, -0.1) is 0 Å². The second-order valence-electron chi connectivity index (χ2n) is 5.06. The summed E-state index contributed by atoms with van der Waals surface area (Å²) < 4.78 is 13.8. The Hall–Kier alpha value is -1.54. The van der Waals surface area contributed by atoms with Crippen LogP contribution in [0, 0.1) is 12.7 Å². The molecule has 1 aliphatic carbocycles. The quantitative estimate of drug-likeness (QED) is 0.823. The number of halogens is 2. The van der Waals surface area contributed by atoms with Crippen molar-refractivity contribution in [3.63, 3.8) is 0 Å². The standard InChI is InChI=1S/C16H15ClFN/c1-10-2-3-11-4-7-15(13(11)8-10)19-16-9-12(17)5-6-14(16)18/h2-3,5-6,8-9,15,19H,4,7H2,1H3. The number of hydrogen-bond donors (Lipinski definition) is 1. The van der Waals surface area contributed by atoms with E-state index in [1.54, 1.807) is 12.1 Å². The lowest BCUT2D eigenvalue weighted by molar-refractivity contribution is 0.625. The molecule has 1 unspecified atom stereocenters. The van der Waals surface area contributed by atoms with Crippen molar-refractivity contribution >= 4 is 17.3 Å². The Morgan fingerprint density at radius 2 is 2.05 bits per heavy atom. The third-order valence-corrected chi connectivity index (χ3v) is 3.87. The summed E-state index contributed by atoms with van der Waals surface area (Å²) >= 11 is 5.92. The van der Waals surface area contributed by atoms with Gasteiger partial charge >= 0.3 is 0 Å². The molecule has 98 valence electrons. The van der Waals surface area contributed by atoms with Crippen molar-refractivity contribution in [2.45, 2.75) is 25.8 Å². The lowest BCUT2D eigenvalue weighted by Gasteiger charge is -2.16. The van der Waals surface area contributed by atoms with Gasteiger partial charge in [0.05, 0.1) is 11.7 Å². The molecule has 2 aromatic carbocycles. The van der Waals surface area contributed by atoms with E-state index in [0.717, 1.165) is 12.8 Å². The fraction of sp³-hybridized carbons (Fsp3) is 0.250. The SMILES string of the molecule is Cc1ccc2c(c1)C(Nc1cc(Cl)ccc1F)CC2. The minimum absolute atomic E-state index is 0.169. The molecule has 2 aromatic rings. The van der Waals surface area contributed by atoms with E-state index in [0.29, 0.717) is 10.7 Å². The molecule has 3 heteroatoms. The lowest BCUT2D eigenvalue weighted by Crippen LogP contribution is -2.08. The third kappa shape index (κ3) is 2.45. The summed E-state index contributed by atoms with van der Waals surface area (Å²) in [6.07, 6.45) is 2.03. The van der Waals surface area contributed by atoms with Gasteiger partial charge in [-0.3, -0.25) is 0 Å². The molecule has 0 aliphatic heterocycles. The highest BCUT2D eigenvalue weighted by molar-refractivity contribution is 6.30. The molecule has 0 fully saturated rings. The zero-order chi connectivity index (χ0) is 13.4. The maximum absolute atomic E-state index is 13.8. The summed E-state index contributed by atoms with van der Waals surface area (Å²) in [6, 6.07) is 11.3. The lowest BCUT2D eigenvalue weighted by atomic mass is 10.0. The highest BCUT2D eigenvalue weighted by Crippen LogP contribution is 2.35. The Morgan fingerprint density at radius 1 is 1.21 bits per heavy atom. The van der Waals surface area contributed by atoms with Crippen LogP contribution >= 0.6 is 11.6 Å². The van der Waals surface area contributed by atoms with Gasteiger partial charge in [0.25, 0.3) is 0 Å². The monoisotopic (exact) mass is 275 g/mol. The maximum atomic E-state index is 13.8. The minimum Gasteiger partial charge on any atom is -0.376 e. The first-order valence-electron chi connectivity index (χ1n) is 6.44.